The maximum absolute atomic E-state index is 14.6. The lowest BCUT2D eigenvalue weighted by atomic mass is 10.0. The van der Waals surface area contributed by atoms with Gasteiger partial charge in [-0.05, 0) is 44.5 Å². The fourth-order valence-corrected chi connectivity index (χ4v) is 4.45. The van der Waals surface area contributed by atoms with Crippen LogP contribution in [0.3, 0.4) is 0 Å². The van der Waals surface area contributed by atoms with Gasteiger partial charge in [0.15, 0.2) is 0 Å². The SMILES string of the molecule is CN1CCC(Nc2cccc3c2cc(-c2noc(CNC(=O)C4CC4)n2)n3CC(F)(F)F)[C@H](F)C1. The molecule has 3 aromatic rings. The Morgan fingerprint density at radius 1 is 1.26 bits per heavy atom. The maximum atomic E-state index is 14.6. The van der Waals surface area contributed by atoms with E-state index in [1.807, 2.05) is 11.9 Å². The third-order valence-corrected chi connectivity index (χ3v) is 6.43. The minimum Gasteiger partial charge on any atom is -0.379 e. The van der Waals surface area contributed by atoms with E-state index >= 15 is 0 Å². The number of fused-ring (bicyclic) bond motifs is 1. The van der Waals surface area contributed by atoms with Crippen LogP contribution in [0.1, 0.15) is 25.2 Å². The number of hydrogen-bond acceptors (Lipinski definition) is 6. The predicted octanol–water partition coefficient (Wildman–Crippen LogP) is 3.73. The lowest BCUT2D eigenvalue weighted by molar-refractivity contribution is -0.139. The van der Waals surface area contributed by atoms with Crippen LogP contribution in [0.5, 0.6) is 0 Å². The first-order valence-electron chi connectivity index (χ1n) is 11.6. The molecule has 2 atom stereocenters. The van der Waals surface area contributed by atoms with E-state index in [1.165, 1.54) is 0 Å². The summed E-state index contributed by atoms with van der Waals surface area (Å²) in [5.41, 5.74) is 0.983. The Kier molecular flexibility index (Phi) is 6.16. The van der Waals surface area contributed by atoms with Crippen LogP contribution in [-0.2, 0) is 17.9 Å². The first-order chi connectivity index (χ1) is 16.7. The van der Waals surface area contributed by atoms with Crippen LogP contribution in [0, 0.1) is 5.92 Å². The molecule has 2 N–H and O–H groups in total. The zero-order valence-electron chi connectivity index (χ0n) is 19.1. The van der Waals surface area contributed by atoms with E-state index in [2.05, 4.69) is 20.8 Å². The Balaban J connectivity index is 1.46. The Labute approximate surface area is 198 Å². The van der Waals surface area contributed by atoms with Crippen molar-refractivity contribution < 1.29 is 26.9 Å². The van der Waals surface area contributed by atoms with Crippen molar-refractivity contribution in [2.24, 2.45) is 5.92 Å². The van der Waals surface area contributed by atoms with Gasteiger partial charge in [-0.25, -0.2) is 4.39 Å². The van der Waals surface area contributed by atoms with Gasteiger partial charge < -0.3 is 24.6 Å². The van der Waals surface area contributed by atoms with Crippen LogP contribution in [0.25, 0.3) is 22.4 Å². The molecule has 35 heavy (non-hydrogen) atoms. The van der Waals surface area contributed by atoms with Crippen molar-refractivity contribution in [2.75, 3.05) is 25.5 Å². The molecule has 1 unspecified atom stereocenters. The zero-order valence-corrected chi connectivity index (χ0v) is 19.1. The fraction of sp³-hybridized carbons (Fsp3) is 0.522. The maximum Gasteiger partial charge on any atom is 0.406 e. The number of nitrogens with zero attached hydrogens (tertiary/aromatic N) is 4. The number of carbonyl (C=O) groups excluding carboxylic acids is 1. The van der Waals surface area contributed by atoms with Crippen molar-refractivity contribution in [1.29, 1.82) is 0 Å². The summed E-state index contributed by atoms with van der Waals surface area (Å²) >= 11 is 0. The second-order valence-corrected chi connectivity index (χ2v) is 9.29. The summed E-state index contributed by atoms with van der Waals surface area (Å²) in [7, 11) is 1.85. The number of piperidine rings is 1. The molecule has 0 radical (unpaired) electrons. The number of halogens is 4. The van der Waals surface area contributed by atoms with Gasteiger partial charge in [-0.1, -0.05) is 11.2 Å². The first kappa shape index (κ1) is 23.6. The lowest BCUT2D eigenvalue weighted by Gasteiger charge is -2.33. The molecule has 2 aliphatic rings. The second-order valence-electron chi connectivity index (χ2n) is 9.29. The molecule has 2 fully saturated rings. The number of nitrogens with one attached hydrogen (secondary N) is 2. The van der Waals surface area contributed by atoms with Crippen molar-refractivity contribution in [1.82, 2.24) is 24.9 Å². The fourth-order valence-electron chi connectivity index (χ4n) is 4.45. The van der Waals surface area contributed by atoms with E-state index < -0.39 is 24.9 Å². The van der Waals surface area contributed by atoms with Crippen molar-refractivity contribution in [3.8, 4) is 11.5 Å². The molecule has 1 saturated heterocycles. The number of aromatic nitrogens is 3. The Morgan fingerprint density at radius 2 is 2.06 bits per heavy atom. The first-order valence-corrected chi connectivity index (χ1v) is 11.6. The molecule has 2 aromatic heterocycles. The number of benzene rings is 1. The molecule has 1 aliphatic heterocycles. The van der Waals surface area contributed by atoms with E-state index in [-0.39, 0.29) is 42.3 Å². The van der Waals surface area contributed by atoms with Crippen LogP contribution in [0.4, 0.5) is 23.2 Å². The molecule has 1 aliphatic carbocycles. The summed E-state index contributed by atoms with van der Waals surface area (Å²) in [6.07, 6.45) is -3.34. The highest BCUT2D eigenvalue weighted by Crippen LogP contribution is 2.35. The molecule has 0 bridgehead atoms. The van der Waals surface area contributed by atoms with Crippen LogP contribution in [-0.4, -0.2) is 64.0 Å². The average Bonchev–Trinajstić information content (AvgIpc) is 3.44. The summed E-state index contributed by atoms with van der Waals surface area (Å²) in [6, 6.07) is 6.05. The van der Waals surface area contributed by atoms with Gasteiger partial charge in [0.25, 0.3) is 0 Å². The number of likely N-dealkylation sites (tertiary alicyclic amines) is 1. The molecule has 1 aromatic carbocycles. The summed E-state index contributed by atoms with van der Waals surface area (Å²) in [5, 5.41) is 10.3. The molecule has 1 saturated carbocycles. The lowest BCUT2D eigenvalue weighted by Crippen LogP contribution is -2.46. The van der Waals surface area contributed by atoms with Gasteiger partial charge >= 0.3 is 6.18 Å². The van der Waals surface area contributed by atoms with E-state index in [9.17, 15) is 22.4 Å². The van der Waals surface area contributed by atoms with E-state index in [1.54, 1.807) is 24.3 Å². The average molecular weight is 494 g/mol. The molecule has 0 spiro atoms. The van der Waals surface area contributed by atoms with Crippen molar-refractivity contribution >= 4 is 22.5 Å². The van der Waals surface area contributed by atoms with Crippen LogP contribution >= 0.6 is 0 Å². The number of anilines is 1. The normalized spacial score (nSPS) is 21.4. The standard InChI is InChI=1S/C23H26F4N6O2/c1-32-8-7-17(15(24)11-32)29-16-3-2-4-18-14(16)9-19(33(18)12-23(25,26)27)21-30-20(35-31-21)10-28-22(34)13-5-6-13/h2-4,9,13,15,17,29H,5-8,10-12H2,1H3,(H,28,34)/t15-,17?/m1/s1. The quantitative estimate of drug-likeness (QED) is 0.487. The molecule has 1 amide bonds. The van der Waals surface area contributed by atoms with Crippen LogP contribution in [0.2, 0.25) is 0 Å². The Hall–Kier alpha value is -3.15. The highest BCUT2D eigenvalue weighted by molar-refractivity contribution is 5.96. The van der Waals surface area contributed by atoms with Crippen molar-refractivity contribution in [3.05, 3.63) is 30.2 Å². The van der Waals surface area contributed by atoms with E-state index in [0.29, 0.717) is 23.0 Å². The van der Waals surface area contributed by atoms with Crippen molar-refractivity contribution in [3.63, 3.8) is 0 Å². The van der Waals surface area contributed by atoms with E-state index in [4.69, 9.17) is 4.52 Å². The number of alkyl halides is 4. The van der Waals surface area contributed by atoms with Gasteiger partial charge in [-0.2, -0.15) is 18.2 Å². The highest BCUT2D eigenvalue weighted by Gasteiger charge is 2.33. The monoisotopic (exact) mass is 494 g/mol. The topological polar surface area (TPSA) is 88.2 Å². The summed E-state index contributed by atoms with van der Waals surface area (Å²) in [4.78, 5) is 18.0. The highest BCUT2D eigenvalue weighted by atomic mass is 19.4. The minimum absolute atomic E-state index is 0.00263. The van der Waals surface area contributed by atoms with Gasteiger partial charge in [0.1, 0.15) is 12.7 Å². The van der Waals surface area contributed by atoms with Gasteiger partial charge in [-0.15, -0.1) is 0 Å². The Bertz CT molecular complexity index is 1220. The molecular formula is C23H26F4N6O2. The molecular weight excluding hydrogens is 468 g/mol. The molecule has 8 nitrogen and oxygen atoms in total. The third-order valence-electron chi connectivity index (χ3n) is 6.43. The summed E-state index contributed by atoms with van der Waals surface area (Å²) < 4.78 is 61.4. The predicted molar refractivity (Wildman–Crippen MR) is 120 cm³/mol. The van der Waals surface area contributed by atoms with Gasteiger partial charge in [-0.3, -0.25) is 4.79 Å². The van der Waals surface area contributed by atoms with Crippen molar-refractivity contribution in [2.45, 2.75) is 50.7 Å². The molecule has 5 rings (SSSR count). The molecule has 3 heterocycles. The second kappa shape index (κ2) is 9.14. The molecule has 188 valence electrons. The number of amides is 1. The molecule has 12 heteroatoms. The van der Waals surface area contributed by atoms with Gasteiger partial charge in [0, 0.05) is 30.1 Å². The smallest absolute Gasteiger partial charge is 0.379 e. The van der Waals surface area contributed by atoms with Gasteiger partial charge in [0.2, 0.25) is 17.6 Å². The van der Waals surface area contributed by atoms with Crippen LogP contribution < -0.4 is 10.6 Å². The van der Waals surface area contributed by atoms with Crippen LogP contribution in [0.15, 0.2) is 28.8 Å². The largest absolute Gasteiger partial charge is 0.406 e. The van der Waals surface area contributed by atoms with E-state index in [0.717, 1.165) is 24.0 Å². The minimum atomic E-state index is -4.49. The number of hydrogen-bond donors (Lipinski definition) is 2. The van der Waals surface area contributed by atoms with Gasteiger partial charge in [0.05, 0.1) is 23.8 Å². The third kappa shape index (κ3) is 5.26. The zero-order chi connectivity index (χ0) is 24.7. The number of rotatable bonds is 7. The number of carbonyl (C=O) groups is 1. The summed E-state index contributed by atoms with van der Waals surface area (Å²) in [6.45, 7) is -0.242. The summed E-state index contributed by atoms with van der Waals surface area (Å²) in [5.74, 6) is -0.0182. The Morgan fingerprint density at radius 3 is 2.77 bits per heavy atom.